The molecule has 2 aromatic rings. The summed E-state index contributed by atoms with van der Waals surface area (Å²) in [6.07, 6.45) is 1.86. The van der Waals surface area contributed by atoms with E-state index in [0.29, 0.717) is 25.3 Å². The zero-order valence-corrected chi connectivity index (χ0v) is 18.1. The fraction of sp³-hybridized carbons (Fsp3) is 0.316. The van der Waals surface area contributed by atoms with Gasteiger partial charge in [-0.3, -0.25) is 9.10 Å². The molecule has 0 heterocycles. The minimum atomic E-state index is -3.40. The average Bonchev–Trinajstić information content (AvgIpc) is 2.63. The number of ether oxygens (including phenoxy) is 1. The Labute approximate surface area is 174 Å². The summed E-state index contributed by atoms with van der Waals surface area (Å²) in [5.74, 6) is 0.635. The van der Waals surface area contributed by atoms with Crippen molar-refractivity contribution in [3.05, 3.63) is 58.2 Å². The van der Waals surface area contributed by atoms with Gasteiger partial charge in [-0.25, -0.2) is 8.42 Å². The van der Waals surface area contributed by atoms with Gasteiger partial charge in [0.2, 0.25) is 15.9 Å². The summed E-state index contributed by atoms with van der Waals surface area (Å²) >= 11 is 2.17. The Morgan fingerprint density at radius 1 is 1.11 bits per heavy atom. The third-order valence-corrected chi connectivity index (χ3v) is 5.63. The van der Waals surface area contributed by atoms with E-state index in [1.54, 1.807) is 12.1 Å². The fourth-order valence-electron chi connectivity index (χ4n) is 2.44. The molecule has 8 heteroatoms. The van der Waals surface area contributed by atoms with Crippen LogP contribution in [-0.4, -0.2) is 40.3 Å². The normalized spacial score (nSPS) is 11.0. The largest absolute Gasteiger partial charge is 0.492 e. The van der Waals surface area contributed by atoms with E-state index in [0.717, 1.165) is 9.32 Å². The highest BCUT2D eigenvalue weighted by Gasteiger charge is 2.17. The van der Waals surface area contributed by atoms with E-state index in [-0.39, 0.29) is 18.9 Å². The van der Waals surface area contributed by atoms with Crippen molar-refractivity contribution in [2.75, 3.05) is 30.3 Å². The molecule has 1 N–H and O–H groups in total. The molecule has 0 bridgehead atoms. The Morgan fingerprint density at radius 3 is 2.41 bits per heavy atom. The van der Waals surface area contributed by atoms with Gasteiger partial charge in [0.15, 0.2) is 0 Å². The number of hydrogen-bond acceptors (Lipinski definition) is 4. The summed E-state index contributed by atoms with van der Waals surface area (Å²) in [5.41, 5.74) is 0.606. The van der Waals surface area contributed by atoms with Crippen molar-refractivity contribution in [3.63, 3.8) is 0 Å². The van der Waals surface area contributed by atoms with Crippen molar-refractivity contribution in [3.8, 4) is 5.75 Å². The maximum atomic E-state index is 12.0. The number of nitrogens with one attached hydrogen (secondary N) is 1. The Balaban J connectivity index is 1.74. The molecule has 146 valence electrons. The van der Waals surface area contributed by atoms with Crippen molar-refractivity contribution in [1.82, 2.24) is 5.32 Å². The Hall–Kier alpha value is -1.81. The van der Waals surface area contributed by atoms with Crippen molar-refractivity contribution in [2.45, 2.75) is 12.8 Å². The summed E-state index contributed by atoms with van der Waals surface area (Å²) in [7, 11) is -3.40. The molecule has 27 heavy (non-hydrogen) atoms. The van der Waals surface area contributed by atoms with Crippen LogP contribution in [-0.2, 0) is 14.8 Å². The van der Waals surface area contributed by atoms with Gasteiger partial charge in [0, 0.05) is 16.5 Å². The van der Waals surface area contributed by atoms with Gasteiger partial charge in [-0.2, -0.15) is 0 Å². The van der Waals surface area contributed by atoms with Crippen LogP contribution in [0.25, 0.3) is 0 Å². The lowest BCUT2D eigenvalue weighted by Crippen LogP contribution is -2.32. The van der Waals surface area contributed by atoms with Gasteiger partial charge in [0.25, 0.3) is 0 Å². The highest BCUT2D eigenvalue weighted by molar-refractivity contribution is 14.1. The molecule has 0 fully saturated rings. The number of anilines is 1. The molecule has 2 rings (SSSR count). The molecule has 0 saturated heterocycles. The molecule has 1 amide bonds. The summed E-state index contributed by atoms with van der Waals surface area (Å²) in [6, 6.07) is 16.6. The molecule has 0 aliphatic rings. The van der Waals surface area contributed by atoms with Gasteiger partial charge in [-0.1, -0.05) is 18.2 Å². The van der Waals surface area contributed by atoms with Gasteiger partial charge in [-0.05, 0) is 65.4 Å². The number of para-hydroxylation sites is 1. The second-order valence-electron chi connectivity index (χ2n) is 5.93. The fourth-order valence-corrected chi connectivity index (χ4v) is 3.77. The second-order valence-corrected chi connectivity index (χ2v) is 9.08. The summed E-state index contributed by atoms with van der Waals surface area (Å²) in [5, 5.41) is 2.78. The lowest BCUT2D eigenvalue weighted by molar-refractivity contribution is -0.121. The van der Waals surface area contributed by atoms with Crippen LogP contribution in [0.3, 0.4) is 0 Å². The van der Waals surface area contributed by atoms with Crippen LogP contribution in [0.1, 0.15) is 12.8 Å². The van der Waals surface area contributed by atoms with Crippen LogP contribution < -0.4 is 14.4 Å². The topological polar surface area (TPSA) is 75.7 Å². The van der Waals surface area contributed by atoms with Gasteiger partial charge in [-0.15, -0.1) is 0 Å². The number of rotatable bonds is 10. The Kier molecular flexibility index (Phi) is 8.36. The maximum Gasteiger partial charge on any atom is 0.232 e. The number of carbonyl (C=O) groups is 1. The van der Waals surface area contributed by atoms with E-state index in [9.17, 15) is 13.2 Å². The molecular weight excluding hydrogens is 479 g/mol. The van der Waals surface area contributed by atoms with Crippen molar-refractivity contribution >= 4 is 44.2 Å². The number of hydrogen-bond donors (Lipinski definition) is 1. The molecule has 0 unspecified atom stereocenters. The van der Waals surface area contributed by atoms with Crippen molar-refractivity contribution in [1.29, 1.82) is 0 Å². The van der Waals surface area contributed by atoms with E-state index in [2.05, 4.69) is 27.9 Å². The minimum absolute atomic E-state index is 0.122. The SMILES string of the molecule is CS(=O)(=O)N(CCCC(=O)NCCOc1ccccc1)c1ccc(I)cc1. The lowest BCUT2D eigenvalue weighted by Gasteiger charge is -2.22. The van der Waals surface area contributed by atoms with Crippen LogP contribution in [0.5, 0.6) is 5.75 Å². The molecule has 0 spiro atoms. The first-order chi connectivity index (χ1) is 12.9. The monoisotopic (exact) mass is 502 g/mol. The average molecular weight is 502 g/mol. The molecular formula is C19H23IN2O4S. The second kappa shape index (κ2) is 10.5. The van der Waals surface area contributed by atoms with Gasteiger partial charge < -0.3 is 10.1 Å². The number of benzene rings is 2. The van der Waals surface area contributed by atoms with E-state index in [1.807, 2.05) is 42.5 Å². The molecule has 2 aromatic carbocycles. The summed E-state index contributed by atoms with van der Waals surface area (Å²) < 4.78 is 32.0. The molecule has 0 aliphatic carbocycles. The first-order valence-electron chi connectivity index (χ1n) is 8.54. The maximum absolute atomic E-state index is 12.0. The first kappa shape index (κ1) is 21.5. The molecule has 0 atom stereocenters. The number of amides is 1. The number of carbonyl (C=O) groups excluding carboxylic acids is 1. The quantitative estimate of drug-likeness (QED) is 0.401. The molecule has 0 aliphatic heterocycles. The standard InChI is InChI=1S/C19H23IN2O4S/c1-27(24,25)22(17-11-9-16(20)10-12-17)14-5-8-19(23)21-13-15-26-18-6-3-2-4-7-18/h2-4,6-7,9-12H,5,8,13-15H2,1H3,(H,21,23). The van der Waals surface area contributed by atoms with E-state index >= 15 is 0 Å². The third kappa shape index (κ3) is 7.76. The smallest absolute Gasteiger partial charge is 0.232 e. The molecule has 0 saturated carbocycles. The number of sulfonamides is 1. The predicted molar refractivity (Wildman–Crippen MR) is 116 cm³/mol. The highest BCUT2D eigenvalue weighted by atomic mass is 127. The zero-order chi connectivity index (χ0) is 19.7. The van der Waals surface area contributed by atoms with Crippen molar-refractivity contribution in [2.24, 2.45) is 0 Å². The van der Waals surface area contributed by atoms with E-state index < -0.39 is 10.0 Å². The summed E-state index contributed by atoms with van der Waals surface area (Å²) in [4.78, 5) is 11.9. The van der Waals surface area contributed by atoms with Gasteiger partial charge in [0.05, 0.1) is 18.5 Å². The Morgan fingerprint density at radius 2 is 1.78 bits per heavy atom. The van der Waals surface area contributed by atoms with E-state index in [1.165, 1.54) is 10.6 Å². The minimum Gasteiger partial charge on any atom is -0.492 e. The number of halogens is 1. The third-order valence-electron chi connectivity index (χ3n) is 3.72. The van der Waals surface area contributed by atoms with Crippen LogP contribution in [0.15, 0.2) is 54.6 Å². The lowest BCUT2D eigenvalue weighted by atomic mass is 10.2. The predicted octanol–water partition coefficient (Wildman–Crippen LogP) is 3.03. The van der Waals surface area contributed by atoms with E-state index in [4.69, 9.17) is 4.74 Å². The van der Waals surface area contributed by atoms with Crippen LogP contribution in [0, 0.1) is 3.57 Å². The zero-order valence-electron chi connectivity index (χ0n) is 15.1. The first-order valence-corrected chi connectivity index (χ1v) is 11.5. The van der Waals surface area contributed by atoms with Crippen LogP contribution >= 0.6 is 22.6 Å². The number of nitrogens with zero attached hydrogens (tertiary/aromatic N) is 1. The highest BCUT2D eigenvalue weighted by Crippen LogP contribution is 2.19. The van der Waals surface area contributed by atoms with Gasteiger partial charge in [0.1, 0.15) is 12.4 Å². The van der Waals surface area contributed by atoms with Crippen molar-refractivity contribution < 1.29 is 17.9 Å². The molecule has 6 nitrogen and oxygen atoms in total. The van der Waals surface area contributed by atoms with Crippen LogP contribution in [0.4, 0.5) is 5.69 Å². The Bertz CT molecular complexity index is 827. The molecule has 0 aromatic heterocycles. The summed E-state index contributed by atoms with van der Waals surface area (Å²) in [6.45, 7) is 1.04. The molecule has 0 radical (unpaired) electrons. The van der Waals surface area contributed by atoms with Crippen LogP contribution in [0.2, 0.25) is 0 Å². The van der Waals surface area contributed by atoms with Gasteiger partial charge >= 0.3 is 0 Å².